The molecule has 0 amide bonds. The second-order valence-electron chi connectivity index (χ2n) is 8.22. The van der Waals surface area contributed by atoms with Crippen molar-refractivity contribution in [2.45, 2.75) is 64.5 Å². The molecule has 1 aliphatic heterocycles. The van der Waals surface area contributed by atoms with E-state index in [-0.39, 0.29) is 30.2 Å². The summed E-state index contributed by atoms with van der Waals surface area (Å²) in [5.74, 6) is -0.336. The Morgan fingerprint density at radius 2 is 1.97 bits per heavy atom. The van der Waals surface area contributed by atoms with Crippen molar-refractivity contribution in [2.75, 3.05) is 13.2 Å². The molecular formula is C25H29F3N2O4. The monoisotopic (exact) mass is 478 g/mol. The number of alkyl halides is 3. The molecule has 3 heterocycles. The van der Waals surface area contributed by atoms with E-state index >= 15 is 0 Å². The van der Waals surface area contributed by atoms with E-state index in [0.29, 0.717) is 62.1 Å². The fourth-order valence-electron chi connectivity index (χ4n) is 3.70. The van der Waals surface area contributed by atoms with E-state index in [1.54, 1.807) is 12.3 Å². The van der Waals surface area contributed by atoms with Crippen LogP contribution in [-0.4, -0.2) is 34.4 Å². The fraction of sp³-hybridized carbons (Fsp3) is 0.480. The number of nitrogens with zero attached hydrogens (tertiary/aromatic N) is 2. The molecule has 0 aliphatic carbocycles. The van der Waals surface area contributed by atoms with Crippen LogP contribution in [0.4, 0.5) is 13.2 Å². The number of rotatable bonds is 11. The molecule has 0 spiro atoms. The third-order valence-corrected chi connectivity index (χ3v) is 5.37. The molecule has 0 saturated carbocycles. The number of allylic oxidation sites excluding steroid dienone is 2. The van der Waals surface area contributed by atoms with E-state index in [9.17, 15) is 22.8 Å². The molecule has 9 heteroatoms. The van der Waals surface area contributed by atoms with Gasteiger partial charge < -0.3 is 13.9 Å². The van der Waals surface area contributed by atoms with Crippen molar-refractivity contribution in [3.8, 4) is 0 Å². The minimum atomic E-state index is -4.59. The third-order valence-electron chi connectivity index (χ3n) is 5.37. The highest BCUT2D eigenvalue weighted by Gasteiger charge is 2.35. The standard InChI is InChI=1S/C25H29F3N2O4/c1-2-11-34-23(32)9-5-3-4-8-21(31)15-20-17-30-16-19(18-7-6-12-33-13-10-18)14-22(24(30)29-20)25(26,27)28/h7,10,13-14,16-17H,2-6,8-9,11-12,15H2,1H3. The predicted molar refractivity (Wildman–Crippen MR) is 121 cm³/mol. The molecule has 0 saturated heterocycles. The molecule has 0 radical (unpaired) electrons. The van der Waals surface area contributed by atoms with Crippen LogP contribution in [0.2, 0.25) is 0 Å². The van der Waals surface area contributed by atoms with Crippen LogP contribution >= 0.6 is 0 Å². The van der Waals surface area contributed by atoms with E-state index in [1.165, 1.54) is 16.9 Å². The number of unbranched alkanes of at least 4 members (excludes halogenated alkanes) is 2. The summed E-state index contributed by atoms with van der Waals surface area (Å²) in [7, 11) is 0. The first-order valence-corrected chi connectivity index (χ1v) is 11.5. The number of imidazole rings is 1. The van der Waals surface area contributed by atoms with E-state index in [2.05, 4.69) is 4.98 Å². The molecular weight excluding hydrogens is 449 g/mol. The number of ether oxygens (including phenoxy) is 2. The molecule has 3 rings (SSSR count). The smallest absolute Gasteiger partial charge is 0.420 e. The fourth-order valence-corrected chi connectivity index (χ4v) is 3.70. The summed E-state index contributed by atoms with van der Waals surface area (Å²) >= 11 is 0. The molecule has 0 unspecified atom stereocenters. The first-order chi connectivity index (χ1) is 16.3. The Labute approximate surface area is 196 Å². The zero-order valence-corrected chi connectivity index (χ0v) is 19.2. The van der Waals surface area contributed by atoms with Crippen molar-refractivity contribution < 1.29 is 32.2 Å². The lowest BCUT2D eigenvalue weighted by Crippen LogP contribution is -2.09. The van der Waals surface area contributed by atoms with Crippen LogP contribution in [0.15, 0.2) is 36.9 Å². The van der Waals surface area contributed by atoms with Gasteiger partial charge in [0.15, 0.2) is 0 Å². The largest absolute Gasteiger partial charge is 0.501 e. The number of hydrogen-bond donors (Lipinski definition) is 0. The van der Waals surface area contributed by atoms with Gasteiger partial charge in [-0.3, -0.25) is 9.59 Å². The molecule has 184 valence electrons. The van der Waals surface area contributed by atoms with Gasteiger partial charge >= 0.3 is 12.1 Å². The normalized spacial score (nSPS) is 13.9. The van der Waals surface area contributed by atoms with Crippen LogP contribution in [0.3, 0.4) is 0 Å². The van der Waals surface area contributed by atoms with Gasteiger partial charge in [0.05, 0.1) is 37.2 Å². The minimum Gasteiger partial charge on any atom is -0.501 e. The molecule has 2 aromatic rings. The maximum absolute atomic E-state index is 13.8. The highest BCUT2D eigenvalue weighted by Crippen LogP contribution is 2.35. The summed E-state index contributed by atoms with van der Waals surface area (Å²) in [6.07, 6.45) is 7.29. The van der Waals surface area contributed by atoms with Gasteiger partial charge in [-0.15, -0.1) is 0 Å². The number of pyridine rings is 1. The number of esters is 1. The maximum atomic E-state index is 13.8. The Bertz CT molecular complexity index is 1070. The lowest BCUT2D eigenvalue weighted by Gasteiger charge is -2.11. The second kappa shape index (κ2) is 11.9. The van der Waals surface area contributed by atoms with Gasteiger partial charge in [-0.2, -0.15) is 13.2 Å². The van der Waals surface area contributed by atoms with Gasteiger partial charge in [0.2, 0.25) is 0 Å². The SMILES string of the molecule is CCCOC(=O)CCCCCC(=O)Cc1cn2cc(C3=CCCOC=C3)cc(C(F)(F)F)c2n1. The molecule has 2 aromatic heterocycles. The molecule has 0 fully saturated rings. The number of carbonyl (C=O) groups excluding carboxylic acids is 2. The Morgan fingerprint density at radius 1 is 1.18 bits per heavy atom. The number of ketones is 1. The van der Waals surface area contributed by atoms with E-state index in [1.807, 2.05) is 13.0 Å². The van der Waals surface area contributed by atoms with Crippen molar-refractivity contribution in [1.29, 1.82) is 0 Å². The van der Waals surface area contributed by atoms with Gasteiger partial charge in [0.1, 0.15) is 11.4 Å². The van der Waals surface area contributed by atoms with Crippen LogP contribution in [0.1, 0.15) is 68.7 Å². The third kappa shape index (κ3) is 7.20. The first kappa shape index (κ1) is 25.5. The zero-order chi connectivity index (χ0) is 24.6. The van der Waals surface area contributed by atoms with Gasteiger partial charge in [-0.1, -0.05) is 19.4 Å². The average molecular weight is 479 g/mol. The van der Waals surface area contributed by atoms with Gasteiger partial charge in [0.25, 0.3) is 0 Å². The van der Waals surface area contributed by atoms with Crippen molar-refractivity contribution in [2.24, 2.45) is 0 Å². The van der Waals surface area contributed by atoms with Gasteiger partial charge in [0, 0.05) is 31.7 Å². The van der Waals surface area contributed by atoms with E-state index in [0.717, 1.165) is 12.5 Å². The molecule has 34 heavy (non-hydrogen) atoms. The number of halogens is 3. The molecule has 1 aliphatic rings. The van der Waals surface area contributed by atoms with Crippen LogP contribution in [0.25, 0.3) is 11.2 Å². The predicted octanol–water partition coefficient (Wildman–Crippen LogP) is 5.69. The Hall–Kier alpha value is -3.10. The number of aromatic nitrogens is 2. The topological polar surface area (TPSA) is 69.9 Å². The van der Waals surface area contributed by atoms with Crippen LogP contribution in [-0.2, 0) is 31.7 Å². The molecule has 0 aromatic carbocycles. The summed E-state index contributed by atoms with van der Waals surface area (Å²) < 4.78 is 52.9. The highest BCUT2D eigenvalue weighted by atomic mass is 19.4. The van der Waals surface area contributed by atoms with Crippen molar-refractivity contribution in [3.05, 3.63) is 53.7 Å². The summed E-state index contributed by atoms with van der Waals surface area (Å²) in [5, 5.41) is 0. The number of Topliss-reactive ketones (excluding diaryl/α,β-unsaturated/α-hetero) is 1. The average Bonchev–Trinajstić information content (AvgIpc) is 2.99. The van der Waals surface area contributed by atoms with E-state index in [4.69, 9.17) is 9.47 Å². The Kier molecular flexibility index (Phi) is 8.90. The Morgan fingerprint density at radius 3 is 2.74 bits per heavy atom. The minimum absolute atomic E-state index is 0.0384. The highest BCUT2D eigenvalue weighted by molar-refractivity contribution is 5.81. The number of carbonyl (C=O) groups is 2. The lowest BCUT2D eigenvalue weighted by molar-refractivity contribution is -0.143. The van der Waals surface area contributed by atoms with Crippen LogP contribution in [0, 0.1) is 0 Å². The number of fused-ring (bicyclic) bond motifs is 1. The molecule has 0 atom stereocenters. The van der Waals surface area contributed by atoms with Crippen LogP contribution in [0.5, 0.6) is 0 Å². The van der Waals surface area contributed by atoms with E-state index < -0.39 is 11.7 Å². The Balaban J connectivity index is 1.65. The summed E-state index contributed by atoms with van der Waals surface area (Å²) in [5.41, 5.74) is 0.255. The summed E-state index contributed by atoms with van der Waals surface area (Å²) in [4.78, 5) is 28.0. The molecule has 6 nitrogen and oxygen atoms in total. The van der Waals surface area contributed by atoms with Crippen molar-refractivity contribution in [3.63, 3.8) is 0 Å². The summed E-state index contributed by atoms with van der Waals surface area (Å²) in [6.45, 7) is 2.80. The van der Waals surface area contributed by atoms with Crippen molar-refractivity contribution in [1.82, 2.24) is 9.38 Å². The van der Waals surface area contributed by atoms with Crippen molar-refractivity contribution >= 4 is 23.0 Å². The summed E-state index contributed by atoms with van der Waals surface area (Å²) in [6, 6.07) is 1.08. The zero-order valence-electron chi connectivity index (χ0n) is 19.2. The van der Waals surface area contributed by atoms with Gasteiger partial charge in [-0.05, 0) is 42.5 Å². The molecule has 0 bridgehead atoms. The quantitative estimate of drug-likeness (QED) is 0.307. The lowest BCUT2D eigenvalue weighted by atomic mass is 10.0. The van der Waals surface area contributed by atoms with Gasteiger partial charge in [-0.25, -0.2) is 4.98 Å². The first-order valence-electron chi connectivity index (χ1n) is 11.5. The second-order valence-corrected chi connectivity index (χ2v) is 8.22. The maximum Gasteiger partial charge on any atom is 0.420 e. The van der Waals surface area contributed by atoms with Crippen LogP contribution < -0.4 is 0 Å². The number of hydrogen-bond acceptors (Lipinski definition) is 5. The molecule has 0 N–H and O–H groups in total.